The van der Waals surface area contributed by atoms with Gasteiger partial charge in [-0.2, -0.15) is 0 Å². The number of alkyl halides is 1. The van der Waals surface area contributed by atoms with E-state index < -0.39 is 0 Å². The van der Waals surface area contributed by atoms with Gasteiger partial charge in [-0.05, 0) is 24.1 Å². The first-order chi connectivity index (χ1) is 7.63. The Hall–Kier alpha value is -0.730. The Morgan fingerprint density at radius 3 is 2.50 bits per heavy atom. The average Bonchev–Trinajstić information content (AvgIpc) is 2.28. The summed E-state index contributed by atoms with van der Waals surface area (Å²) in [6, 6.07) is 7.67. The van der Waals surface area contributed by atoms with E-state index in [1.54, 1.807) is 11.9 Å². The molecule has 0 heterocycles. The van der Waals surface area contributed by atoms with E-state index in [9.17, 15) is 4.79 Å². The molecule has 88 valence electrons. The predicted molar refractivity (Wildman–Crippen MR) is 68.1 cm³/mol. The summed E-state index contributed by atoms with van der Waals surface area (Å²) >= 11 is 11.3. The topological polar surface area (TPSA) is 20.3 Å². The molecule has 2 nitrogen and oxygen atoms in total. The van der Waals surface area contributed by atoms with Gasteiger partial charge in [-0.1, -0.05) is 23.7 Å². The van der Waals surface area contributed by atoms with Crippen molar-refractivity contribution in [2.24, 2.45) is 0 Å². The first-order valence-corrected chi connectivity index (χ1v) is 6.09. The van der Waals surface area contributed by atoms with Crippen molar-refractivity contribution in [2.75, 3.05) is 19.5 Å². The van der Waals surface area contributed by atoms with Gasteiger partial charge in [0.05, 0.1) is 0 Å². The lowest BCUT2D eigenvalue weighted by atomic mass is 10.1. The summed E-state index contributed by atoms with van der Waals surface area (Å²) in [5.74, 6) is 0.466. The molecule has 1 aromatic rings. The summed E-state index contributed by atoms with van der Waals surface area (Å²) in [4.78, 5) is 13.1. The lowest BCUT2D eigenvalue weighted by Gasteiger charge is -2.16. The number of halogens is 2. The molecule has 1 aromatic carbocycles. The molecule has 0 saturated carbocycles. The second-order valence-corrected chi connectivity index (χ2v) is 4.45. The van der Waals surface area contributed by atoms with E-state index in [0.29, 0.717) is 18.8 Å². The zero-order valence-electron chi connectivity index (χ0n) is 9.25. The molecule has 4 heteroatoms. The molecule has 0 aliphatic heterocycles. The quantitative estimate of drug-likeness (QED) is 0.745. The van der Waals surface area contributed by atoms with E-state index >= 15 is 0 Å². The van der Waals surface area contributed by atoms with Crippen LogP contribution >= 0.6 is 23.2 Å². The molecule has 1 amide bonds. The van der Waals surface area contributed by atoms with Crippen molar-refractivity contribution in [3.8, 4) is 0 Å². The molecule has 0 bridgehead atoms. The van der Waals surface area contributed by atoms with Crippen LogP contribution in [0.1, 0.15) is 12.0 Å². The maximum atomic E-state index is 11.4. The van der Waals surface area contributed by atoms with Gasteiger partial charge < -0.3 is 4.90 Å². The fourth-order valence-electron chi connectivity index (χ4n) is 1.34. The molecule has 1 rings (SSSR count). The number of hydrogen-bond acceptors (Lipinski definition) is 1. The lowest BCUT2D eigenvalue weighted by molar-refractivity contribution is -0.129. The second-order valence-electron chi connectivity index (χ2n) is 3.63. The minimum atomic E-state index is 0.0870. The largest absolute Gasteiger partial charge is 0.345 e. The lowest BCUT2D eigenvalue weighted by Crippen LogP contribution is -2.28. The number of amides is 1. The fraction of sp³-hybridized carbons (Fsp3) is 0.417. The predicted octanol–water partition coefficient (Wildman–Crippen LogP) is 2.97. The van der Waals surface area contributed by atoms with Crippen LogP contribution in [0, 0.1) is 0 Å². The van der Waals surface area contributed by atoms with Crippen LogP contribution in [0.4, 0.5) is 0 Å². The van der Waals surface area contributed by atoms with Crippen molar-refractivity contribution in [3.63, 3.8) is 0 Å². The van der Waals surface area contributed by atoms with Crippen LogP contribution in [0.5, 0.6) is 0 Å². The van der Waals surface area contributed by atoms with Crippen molar-refractivity contribution in [2.45, 2.75) is 12.8 Å². The molecule has 0 aliphatic rings. The van der Waals surface area contributed by atoms with Crippen molar-refractivity contribution in [3.05, 3.63) is 34.9 Å². The molecule has 0 fully saturated rings. The molecule has 0 radical (unpaired) electrons. The Morgan fingerprint density at radius 1 is 1.31 bits per heavy atom. The highest BCUT2D eigenvalue weighted by atomic mass is 35.5. The van der Waals surface area contributed by atoms with Crippen molar-refractivity contribution < 1.29 is 4.79 Å². The average molecular weight is 260 g/mol. The van der Waals surface area contributed by atoms with Crippen molar-refractivity contribution in [1.29, 1.82) is 0 Å². The zero-order chi connectivity index (χ0) is 12.0. The summed E-state index contributed by atoms with van der Waals surface area (Å²) in [6.45, 7) is 0.706. The Kier molecular flexibility index (Phi) is 5.64. The van der Waals surface area contributed by atoms with E-state index in [0.717, 1.165) is 11.4 Å². The molecule has 0 unspecified atom stereocenters. The molecule has 0 atom stereocenters. The fourth-order valence-corrected chi connectivity index (χ4v) is 1.63. The maximum Gasteiger partial charge on any atom is 0.223 e. The van der Waals surface area contributed by atoms with Gasteiger partial charge in [0, 0.05) is 30.9 Å². The zero-order valence-corrected chi connectivity index (χ0v) is 10.8. The van der Waals surface area contributed by atoms with Crippen LogP contribution in [-0.2, 0) is 11.2 Å². The van der Waals surface area contributed by atoms with Gasteiger partial charge in [0.15, 0.2) is 0 Å². The van der Waals surface area contributed by atoms with E-state index in [1.807, 2.05) is 24.3 Å². The highest BCUT2D eigenvalue weighted by molar-refractivity contribution is 6.30. The first-order valence-electron chi connectivity index (χ1n) is 5.18. The molecule has 0 spiro atoms. The van der Waals surface area contributed by atoms with Gasteiger partial charge in [-0.3, -0.25) is 4.79 Å². The van der Waals surface area contributed by atoms with E-state index in [1.165, 1.54) is 5.56 Å². The Bertz CT molecular complexity index is 337. The number of rotatable bonds is 5. The van der Waals surface area contributed by atoms with Crippen LogP contribution < -0.4 is 0 Å². The monoisotopic (exact) mass is 259 g/mol. The molecule has 0 N–H and O–H groups in total. The second kappa shape index (κ2) is 6.77. The maximum absolute atomic E-state index is 11.4. The standard InChI is InChI=1S/C12H15Cl2NO/c1-15(12(16)6-8-13)9-7-10-2-4-11(14)5-3-10/h2-5H,6-9H2,1H3. The molecule has 0 aromatic heterocycles. The summed E-state index contributed by atoms with van der Waals surface area (Å²) in [5.41, 5.74) is 1.18. The third kappa shape index (κ3) is 4.42. The molecule has 16 heavy (non-hydrogen) atoms. The van der Waals surface area contributed by atoms with E-state index in [4.69, 9.17) is 23.2 Å². The third-order valence-electron chi connectivity index (χ3n) is 2.38. The number of hydrogen-bond donors (Lipinski definition) is 0. The Labute approximate surface area is 106 Å². The van der Waals surface area contributed by atoms with Crippen molar-refractivity contribution in [1.82, 2.24) is 4.90 Å². The van der Waals surface area contributed by atoms with Crippen LogP contribution in [-0.4, -0.2) is 30.3 Å². The van der Waals surface area contributed by atoms with Gasteiger partial charge in [0.2, 0.25) is 5.91 Å². The van der Waals surface area contributed by atoms with Gasteiger partial charge in [-0.15, -0.1) is 11.6 Å². The van der Waals surface area contributed by atoms with Crippen LogP contribution in [0.2, 0.25) is 5.02 Å². The van der Waals surface area contributed by atoms with E-state index in [-0.39, 0.29) is 5.91 Å². The summed E-state index contributed by atoms with van der Waals surface area (Å²) in [5, 5.41) is 0.732. The van der Waals surface area contributed by atoms with Crippen LogP contribution in [0.25, 0.3) is 0 Å². The van der Waals surface area contributed by atoms with Crippen LogP contribution in [0.3, 0.4) is 0 Å². The summed E-state index contributed by atoms with van der Waals surface area (Å²) < 4.78 is 0. The van der Waals surface area contributed by atoms with Crippen molar-refractivity contribution >= 4 is 29.1 Å². The SMILES string of the molecule is CN(CCc1ccc(Cl)cc1)C(=O)CCCl. The van der Waals surface area contributed by atoms with Gasteiger partial charge in [0.1, 0.15) is 0 Å². The van der Waals surface area contributed by atoms with Gasteiger partial charge in [0.25, 0.3) is 0 Å². The van der Waals surface area contributed by atoms with Gasteiger partial charge in [-0.25, -0.2) is 0 Å². The molecule has 0 aliphatic carbocycles. The number of carbonyl (C=O) groups excluding carboxylic acids is 1. The van der Waals surface area contributed by atoms with Gasteiger partial charge >= 0.3 is 0 Å². The number of likely N-dealkylation sites (N-methyl/N-ethyl adjacent to an activating group) is 1. The Morgan fingerprint density at radius 2 is 1.94 bits per heavy atom. The highest BCUT2D eigenvalue weighted by Gasteiger charge is 2.07. The minimum Gasteiger partial charge on any atom is -0.345 e. The molecular formula is C12H15Cl2NO. The number of benzene rings is 1. The first kappa shape index (κ1) is 13.3. The summed E-state index contributed by atoms with van der Waals surface area (Å²) in [6.07, 6.45) is 1.24. The Balaban J connectivity index is 2.39. The highest BCUT2D eigenvalue weighted by Crippen LogP contribution is 2.10. The normalized spacial score (nSPS) is 10.2. The minimum absolute atomic E-state index is 0.0870. The summed E-state index contributed by atoms with van der Waals surface area (Å²) in [7, 11) is 1.80. The molecule has 0 saturated heterocycles. The number of carbonyl (C=O) groups is 1. The molecular weight excluding hydrogens is 245 g/mol. The smallest absolute Gasteiger partial charge is 0.223 e. The number of nitrogens with zero attached hydrogens (tertiary/aromatic N) is 1. The third-order valence-corrected chi connectivity index (χ3v) is 2.82. The van der Waals surface area contributed by atoms with Crippen LogP contribution in [0.15, 0.2) is 24.3 Å². The van der Waals surface area contributed by atoms with E-state index in [2.05, 4.69) is 0 Å².